The van der Waals surface area contributed by atoms with Crippen LogP contribution in [0, 0.1) is 18.7 Å². The van der Waals surface area contributed by atoms with Crippen LogP contribution in [0.4, 0.5) is 10.1 Å². The molecule has 0 radical (unpaired) electrons. The van der Waals surface area contributed by atoms with Gasteiger partial charge in [-0.2, -0.15) is 0 Å². The quantitative estimate of drug-likeness (QED) is 0.529. The lowest BCUT2D eigenvalue weighted by Gasteiger charge is -2.30. The highest BCUT2D eigenvalue weighted by molar-refractivity contribution is 5.95. The molecule has 9 heteroatoms. The standard InChI is InChI=1S/C26H34FN5O3/c1-5-6-11-31-24-23(25(34)29-26(31)35)32(15-16(2)3)20(28-24)9-10-21(33)30-12-7-8-18-13-17(4)14-19(27)22(18)30/h13-14,16H,5-12,15H2,1-4H3,(H,29,34,35). The van der Waals surface area contributed by atoms with E-state index in [1.807, 2.05) is 38.3 Å². The molecule has 35 heavy (non-hydrogen) atoms. The number of aromatic nitrogens is 4. The van der Waals surface area contributed by atoms with Gasteiger partial charge in [-0.05, 0) is 49.3 Å². The van der Waals surface area contributed by atoms with Crippen LogP contribution in [0.25, 0.3) is 11.2 Å². The maximum absolute atomic E-state index is 14.8. The number of anilines is 1. The third-order valence-corrected chi connectivity index (χ3v) is 6.50. The lowest BCUT2D eigenvalue weighted by Crippen LogP contribution is -2.36. The molecule has 2 aromatic heterocycles. The Morgan fingerprint density at radius 1 is 1.23 bits per heavy atom. The first-order valence-corrected chi connectivity index (χ1v) is 12.5. The number of nitrogens with zero attached hydrogens (tertiary/aromatic N) is 4. The van der Waals surface area contributed by atoms with Gasteiger partial charge >= 0.3 is 5.69 Å². The van der Waals surface area contributed by atoms with Gasteiger partial charge in [0.15, 0.2) is 11.2 Å². The van der Waals surface area contributed by atoms with Crippen LogP contribution in [-0.4, -0.2) is 31.6 Å². The van der Waals surface area contributed by atoms with E-state index in [2.05, 4.69) is 4.98 Å². The minimum Gasteiger partial charge on any atom is -0.322 e. The third kappa shape index (κ3) is 4.94. The number of benzene rings is 1. The summed E-state index contributed by atoms with van der Waals surface area (Å²) in [4.78, 5) is 47.2. The van der Waals surface area contributed by atoms with Crippen LogP contribution in [-0.2, 0) is 30.7 Å². The Labute approximate surface area is 203 Å². The van der Waals surface area contributed by atoms with Crippen LogP contribution in [0.3, 0.4) is 0 Å². The Bertz CT molecular complexity index is 1370. The van der Waals surface area contributed by atoms with Crippen molar-refractivity contribution in [1.29, 1.82) is 0 Å². The maximum atomic E-state index is 14.8. The zero-order valence-corrected chi connectivity index (χ0v) is 21.0. The molecular weight excluding hydrogens is 449 g/mol. The highest BCUT2D eigenvalue weighted by Crippen LogP contribution is 2.32. The van der Waals surface area contributed by atoms with E-state index in [0.29, 0.717) is 48.7 Å². The normalized spacial score (nSPS) is 13.6. The number of H-pyrrole nitrogens is 1. The fraction of sp³-hybridized carbons (Fsp3) is 0.538. The van der Waals surface area contributed by atoms with Crippen LogP contribution >= 0.6 is 0 Å². The molecule has 0 fully saturated rings. The average Bonchev–Trinajstić information content (AvgIpc) is 3.14. The second-order valence-corrected chi connectivity index (χ2v) is 9.87. The summed E-state index contributed by atoms with van der Waals surface area (Å²) in [5.41, 5.74) is 1.88. The first-order chi connectivity index (χ1) is 16.7. The van der Waals surface area contributed by atoms with Crippen molar-refractivity contribution >= 4 is 22.8 Å². The number of carbonyl (C=O) groups excluding carboxylic acids is 1. The number of fused-ring (bicyclic) bond motifs is 2. The van der Waals surface area contributed by atoms with Gasteiger partial charge in [-0.25, -0.2) is 14.2 Å². The largest absolute Gasteiger partial charge is 0.330 e. The van der Waals surface area contributed by atoms with Gasteiger partial charge in [-0.3, -0.25) is 19.1 Å². The van der Waals surface area contributed by atoms with Crippen LogP contribution in [0.1, 0.15) is 63.4 Å². The second kappa shape index (κ2) is 10.2. The van der Waals surface area contributed by atoms with Crippen LogP contribution in [0.2, 0.25) is 0 Å². The average molecular weight is 484 g/mol. The van der Waals surface area contributed by atoms with Gasteiger partial charge in [0, 0.05) is 32.5 Å². The van der Waals surface area contributed by atoms with Gasteiger partial charge in [0.05, 0.1) is 5.69 Å². The Balaban J connectivity index is 1.68. The Morgan fingerprint density at radius 2 is 2.00 bits per heavy atom. The van der Waals surface area contributed by atoms with Crippen molar-refractivity contribution in [1.82, 2.24) is 19.1 Å². The smallest absolute Gasteiger partial charge is 0.322 e. The van der Waals surface area contributed by atoms with E-state index < -0.39 is 11.2 Å². The minimum absolute atomic E-state index is 0.130. The molecule has 1 amide bonds. The molecule has 188 valence electrons. The van der Waals surface area contributed by atoms with Crippen LogP contribution in [0.5, 0.6) is 0 Å². The van der Waals surface area contributed by atoms with Crippen molar-refractivity contribution in [3.05, 3.63) is 55.7 Å². The Morgan fingerprint density at radius 3 is 2.71 bits per heavy atom. The summed E-state index contributed by atoms with van der Waals surface area (Å²) >= 11 is 0. The summed E-state index contributed by atoms with van der Waals surface area (Å²) in [5.74, 6) is 0.272. The summed E-state index contributed by atoms with van der Waals surface area (Å²) in [6.45, 7) is 9.44. The number of imidazole rings is 1. The van der Waals surface area contributed by atoms with E-state index in [-0.39, 0.29) is 24.1 Å². The number of rotatable bonds is 8. The summed E-state index contributed by atoms with van der Waals surface area (Å²) in [7, 11) is 0. The molecule has 1 aliphatic rings. The minimum atomic E-state index is -0.469. The third-order valence-electron chi connectivity index (χ3n) is 6.50. The predicted octanol–water partition coefficient (Wildman–Crippen LogP) is 3.70. The highest BCUT2D eigenvalue weighted by Gasteiger charge is 2.27. The van der Waals surface area contributed by atoms with Crippen LogP contribution < -0.4 is 16.1 Å². The lowest BCUT2D eigenvalue weighted by molar-refractivity contribution is -0.118. The molecular formula is C26H34FN5O3. The number of aromatic amines is 1. The molecule has 1 aromatic carbocycles. The molecule has 0 bridgehead atoms. The highest BCUT2D eigenvalue weighted by atomic mass is 19.1. The molecule has 3 heterocycles. The summed E-state index contributed by atoms with van der Waals surface area (Å²) in [6.07, 6.45) is 3.64. The molecule has 0 spiro atoms. The van der Waals surface area contributed by atoms with E-state index in [0.717, 1.165) is 36.8 Å². The van der Waals surface area contributed by atoms with Gasteiger partial charge in [0.1, 0.15) is 11.6 Å². The predicted molar refractivity (Wildman–Crippen MR) is 134 cm³/mol. The molecule has 1 N–H and O–H groups in total. The molecule has 0 saturated heterocycles. The number of nitrogens with one attached hydrogen (secondary N) is 1. The lowest BCUT2D eigenvalue weighted by atomic mass is 9.98. The van der Waals surface area contributed by atoms with E-state index >= 15 is 0 Å². The number of hydrogen-bond donors (Lipinski definition) is 1. The first kappa shape index (κ1) is 24.9. The molecule has 0 aliphatic carbocycles. The van der Waals surface area contributed by atoms with Crippen molar-refractivity contribution in [2.45, 2.75) is 79.3 Å². The molecule has 0 saturated carbocycles. The zero-order valence-electron chi connectivity index (χ0n) is 21.0. The number of aryl methyl sites for hydroxylation is 4. The van der Waals surface area contributed by atoms with Crippen molar-refractivity contribution in [3.63, 3.8) is 0 Å². The molecule has 8 nitrogen and oxygen atoms in total. The van der Waals surface area contributed by atoms with Crippen molar-refractivity contribution < 1.29 is 9.18 Å². The number of unbranched alkanes of at least 4 members (excludes halogenated alkanes) is 1. The van der Waals surface area contributed by atoms with E-state index in [1.165, 1.54) is 10.6 Å². The second-order valence-electron chi connectivity index (χ2n) is 9.87. The fourth-order valence-electron chi connectivity index (χ4n) is 4.94. The van der Waals surface area contributed by atoms with E-state index in [4.69, 9.17) is 4.98 Å². The summed E-state index contributed by atoms with van der Waals surface area (Å²) in [5, 5.41) is 0. The van der Waals surface area contributed by atoms with Gasteiger partial charge < -0.3 is 9.47 Å². The summed E-state index contributed by atoms with van der Waals surface area (Å²) in [6, 6.07) is 3.41. The van der Waals surface area contributed by atoms with Gasteiger partial charge in [-0.15, -0.1) is 0 Å². The van der Waals surface area contributed by atoms with Crippen LogP contribution in [0.15, 0.2) is 21.7 Å². The maximum Gasteiger partial charge on any atom is 0.330 e. The van der Waals surface area contributed by atoms with Crippen molar-refractivity contribution in [2.75, 3.05) is 11.4 Å². The van der Waals surface area contributed by atoms with Gasteiger partial charge in [0.2, 0.25) is 5.91 Å². The fourth-order valence-corrected chi connectivity index (χ4v) is 4.94. The first-order valence-electron chi connectivity index (χ1n) is 12.5. The number of amides is 1. The molecule has 0 atom stereocenters. The molecule has 0 unspecified atom stereocenters. The number of hydrogen-bond acceptors (Lipinski definition) is 4. The van der Waals surface area contributed by atoms with Gasteiger partial charge in [0.25, 0.3) is 5.56 Å². The Kier molecular flexibility index (Phi) is 7.23. The zero-order chi connectivity index (χ0) is 25.3. The Hall–Kier alpha value is -3.23. The van der Waals surface area contributed by atoms with Gasteiger partial charge in [-0.1, -0.05) is 33.3 Å². The molecule has 4 rings (SSSR count). The molecule has 3 aromatic rings. The van der Waals surface area contributed by atoms with Crippen molar-refractivity contribution in [3.8, 4) is 0 Å². The van der Waals surface area contributed by atoms with Crippen molar-refractivity contribution in [2.24, 2.45) is 5.92 Å². The van der Waals surface area contributed by atoms with E-state index in [1.54, 1.807) is 4.90 Å². The molecule has 1 aliphatic heterocycles. The summed E-state index contributed by atoms with van der Waals surface area (Å²) < 4.78 is 18.2. The number of halogens is 1. The monoisotopic (exact) mass is 483 g/mol. The topological polar surface area (TPSA) is 93.0 Å². The number of carbonyl (C=O) groups is 1. The van der Waals surface area contributed by atoms with E-state index in [9.17, 15) is 18.8 Å². The SMILES string of the molecule is CCCCn1c(=O)[nH]c(=O)c2c1nc(CCC(=O)N1CCCc3cc(C)cc(F)c31)n2CC(C)C.